The summed E-state index contributed by atoms with van der Waals surface area (Å²) in [7, 11) is 0. The Balaban J connectivity index is 1.98. The van der Waals surface area contributed by atoms with Crippen LogP contribution in [0.1, 0.15) is 21.7 Å². The van der Waals surface area contributed by atoms with E-state index in [0.717, 1.165) is 10.6 Å². The normalized spacial score (nSPS) is 10.5. The monoisotopic (exact) mass is 384 g/mol. The summed E-state index contributed by atoms with van der Waals surface area (Å²) in [6, 6.07) is 13.1. The minimum Gasteiger partial charge on any atom is -0.360 e. The average molecular weight is 385 g/mol. The molecule has 3 aromatic rings. The van der Waals surface area contributed by atoms with Gasteiger partial charge in [0.1, 0.15) is 17.0 Å². The topological polar surface area (TPSA) is 101 Å². The first-order chi connectivity index (χ1) is 12.9. The maximum absolute atomic E-state index is 12.9. The van der Waals surface area contributed by atoms with Crippen LogP contribution in [0.15, 0.2) is 53.1 Å². The fraction of sp³-hybridized carbons (Fsp3) is 0.105. The third kappa shape index (κ3) is 3.78. The number of rotatable bonds is 3. The van der Waals surface area contributed by atoms with E-state index in [1.807, 2.05) is 13.0 Å². The molecular weight excluding hydrogens is 368 g/mol. The van der Waals surface area contributed by atoms with Gasteiger partial charge in [0.15, 0.2) is 0 Å². The zero-order valence-corrected chi connectivity index (χ0v) is 15.4. The van der Waals surface area contributed by atoms with E-state index in [2.05, 4.69) is 10.6 Å². The number of nitrogens with one attached hydrogen (secondary N) is 1. The highest BCUT2D eigenvalue weighted by molar-refractivity contribution is 6.33. The number of carbonyl (C=O) groups is 2. The summed E-state index contributed by atoms with van der Waals surface area (Å²) < 4.78 is 5.19. The quantitative estimate of drug-likeness (QED) is 0.669. The van der Waals surface area contributed by atoms with E-state index in [4.69, 9.17) is 21.9 Å². The third-order valence-electron chi connectivity index (χ3n) is 3.91. The van der Waals surface area contributed by atoms with Gasteiger partial charge in [-0.25, -0.2) is 9.80 Å². The van der Waals surface area contributed by atoms with Crippen LogP contribution >= 0.6 is 11.6 Å². The number of hydrogen-bond acceptors (Lipinski definition) is 4. The van der Waals surface area contributed by atoms with Gasteiger partial charge in [-0.1, -0.05) is 47.1 Å². The number of benzene rings is 2. The van der Waals surface area contributed by atoms with Crippen LogP contribution in [0.25, 0.3) is 11.3 Å². The number of nitrogens with zero attached hydrogens (tertiary/aromatic N) is 2. The van der Waals surface area contributed by atoms with Crippen LogP contribution < -0.4 is 16.2 Å². The number of anilines is 1. The molecule has 3 N–H and O–H groups in total. The first-order valence-electron chi connectivity index (χ1n) is 8.07. The van der Waals surface area contributed by atoms with Gasteiger partial charge in [-0.3, -0.25) is 10.2 Å². The predicted molar refractivity (Wildman–Crippen MR) is 102 cm³/mol. The van der Waals surface area contributed by atoms with Crippen molar-refractivity contribution in [1.82, 2.24) is 10.6 Å². The van der Waals surface area contributed by atoms with Crippen LogP contribution in [0.5, 0.6) is 0 Å². The van der Waals surface area contributed by atoms with Crippen molar-refractivity contribution >= 4 is 29.2 Å². The molecule has 27 heavy (non-hydrogen) atoms. The first-order valence-corrected chi connectivity index (χ1v) is 8.44. The van der Waals surface area contributed by atoms with E-state index < -0.39 is 11.9 Å². The summed E-state index contributed by atoms with van der Waals surface area (Å²) in [6.45, 7) is 3.47. The highest BCUT2D eigenvalue weighted by atomic mass is 35.5. The number of primary amides is 1. The van der Waals surface area contributed by atoms with E-state index in [0.29, 0.717) is 16.3 Å². The number of amides is 3. The minimum absolute atomic E-state index is 0.169. The number of aromatic nitrogens is 1. The molecule has 0 atom stereocenters. The molecule has 0 saturated carbocycles. The minimum atomic E-state index is -0.831. The van der Waals surface area contributed by atoms with Gasteiger partial charge in [0.25, 0.3) is 5.91 Å². The molecule has 0 saturated heterocycles. The average Bonchev–Trinajstić information content (AvgIpc) is 3.01. The second kappa shape index (κ2) is 7.51. The third-order valence-corrected chi connectivity index (χ3v) is 4.24. The van der Waals surface area contributed by atoms with Crippen LogP contribution in [-0.4, -0.2) is 17.1 Å². The number of nitrogens with two attached hydrogens (primary N) is 1. The predicted octanol–water partition coefficient (Wildman–Crippen LogP) is 3.84. The zero-order chi connectivity index (χ0) is 19.6. The lowest BCUT2D eigenvalue weighted by atomic mass is 10.1. The fourth-order valence-corrected chi connectivity index (χ4v) is 2.87. The lowest BCUT2D eigenvalue weighted by Crippen LogP contribution is -2.49. The van der Waals surface area contributed by atoms with E-state index in [1.54, 1.807) is 49.4 Å². The Labute approximate surface area is 160 Å². The zero-order valence-electron chi connectivity index (χ0n) is 14.7. The maximum Gasteiger partial charge on any atom is 0.338 e. The molecule has 0 bridgehead atoms. The lowest BCUT2D eigenvalue weighted by molar-refractivity contribution is 0.0950. The molecule has 1 heterocycles. The molecule has 0 fully saturated rings. The molecule has 138 valence electrons. The van der Waals surface area contributed by atoms with Gasteiger partial charge in [-0.15, -0.1) is 0 Å². The molecule has 0 unspecified atom stereocenters. The highest BCUT2D eigenvalue weighted by Crippen LogP contribution is 2.31. The van der Waals surface area contributed by atoms with Crippen LogP contribution in [0.2, 0.25) is 5.02 Å². The number of aryl methyl sites for hydroxylation is 2. The van der Waals surface area contributed by atoms with Crippen LogP contribution in [0, 0.1) is 13.8 Å². The molecular formula is C19H17ClN4O3. The number of hydrogen-bond donors (Lipinski definition) is 2. The second-order valence-electron chi connectivity index (χ2n) is 5.90. The second-order valence-corrected chi connectivity index (χ2v) is 6.30. The van der Waals surface area contributed by atoms with Crippen molar-refractivity contribution in [3.63, 3.8) is 0 Å². The Morgan fingerprint density at radius 3 is 2.56 bits per heavy atom. The molecule has 0 radical (unpaired) electrons. The molecule has 0 aliphatic heterocycles. The number of halogens is 1. The van der Waals surface area contributed by atoms with Gasteiger partial charge in [-0.2, -0.15) is 0 Å². The molecule has 7 nitrogen and oxygen atoms in total. The van der Waals surface area contributed by atoms with E-state index >= 15 is 0 Å². The fourth-order valence-electron chi connectivity index (χ4n) is 2.65. The molecule has 3 amide bonds. The van der Waals surface area contributed by atoms with Crippen molar-refractivity contribution < 1.29 is 14.1 Å². The molecule has 8 heteroatoms. The van der Waals surface area contributed by atoms with Gasteiger partial charge >= 0.3 is 6.03 Å². The molecule has 1 aromatic heterocycles. The summed E-state index contributed by atoms with van der Waals surface area (Å²) in [5.74, 6) is -0.306. The van der Waals surface area contributed by atoms with Gasteiger partial charge in [-0.05, 0) is 37.6 Å². The van der Waals surface area contributed by atoms with Crippen molar-refractivity contribution in [3.05, 3.63) is 70.4 Å². The summed E-state index contributed by atoms with van der Waals surface area (Å²) in [4.78, 5) is 24.8. The van der Waals surface area contributed by atoms with Crippen molar-refractivity contribution in [2.75, 3.05) is 5.01 Å². The standard InChI is InChI=1S/C19H17ClN4O3/c1-11-6-5-7-13(10-11)24(19(21)26)22-18(25)16-12(2)27-23-17(16)14-8-3-4-9-15(14)20/h3-10H,1-2H3,(H2,21,26)(H,22,25). The number of hydrazine groups is 1. The number of urea groups is 1. The smallest absolute Gasteiger partial charge is 0.338 e. The lowest BCUT2D eigenvalue weighted by Gasteiger charge is -2.21. The summed E-state index contributed by atoms with van der Waals surface area (Å²) in [6.07, 6.45) is 0. The van der Waals surface area contributed by atoms with Crippen LogP contribution in [-0.2, 0) is 0 Å². The van der Waals surface area contributed by atoms with E-state index in [1.165, 1.54) is 0 Å². The molecule has 0 aliphatic carbocycles. The Morgan fingerprint density at radius 1 is 1.15 bits per heavy atom. The first kappa shape index (κ1) is 18.5. The highest BCUT2D eigenvalue weighted by Gasteiger charge is 2.26. The van der Waals surface area contributed by atoms with Crippen LogP contribution in [0.4, 0.5) is 10.5 Å². The van der Waals surface area contributed by atoms with Gasteiger partial charge < -0.3 is 10.3 Å². The van der Waals surface area contributed by atoms with Gasteiger partial charge in [0.05, 0.1) is 10.7 Å². The van der Waals surface area contributed by atoms with Crippen molar-refractivity contribution in [3.8, 4) is 11.3 Å². The summed E-state index contributed by atoms with van der Waals surface area (Å²) in [5, 5.41) is 5.34. The molecule has 0 spiro atoms. The van der Waals surface area contributed by atoms with Crippen molar-refractivity contribution in [2.45, 2.75) is 13.8 Å². The van der Waals surface area contributed by atoms with E-state index in [-0.39, 0.29) is 17.0 Å². The van der Waals surface area contributed by atoms with E-state index in [9.17, 15) is 9.59 Å². The number of carbonyl (C=O) groups excluding carboxylic acids is 2. The summed E-state index contributed by atoms with van der Waals surface area (Å²) >= 11 is 6.22. The van der Waals surface area contributed by atoms with Gasteiger partial charge in [0, 0.05) is 5.56 Å². The Morgan fingerprint density at radius 2 is 1.89 bits per heavy atom. The molecule has 2 aromatic carbocycles. The molecule has 0 aliphatic rings. The van der Waals surface area contributed by atoms with Crippen molar-refractivity contribution in [2.24, 2.45) is 5.73 Å². The SMILES string of the molecule is Cc1cccc(N(NC(=O)c2c(-c3ccccc3Cl)noc2C)C(N)=O)c1. The van der Waals surface area contributed by atoms with Gasteiger partial charge in [0.2, 0.25) is 0 Å². The molecule has 3 rings (SSSR count). The maximum atomic E-state index is 12.9. The van der Waals surface area contributed by atoms with Crippen molar-refractivity contribution in [1.29, 1.82) is 0 Å². The largest absolute Gasteiger partial charge is 0.360 e. The Bertz CT molecular complexity index is 1020. The Kier molecular flexibility index (Phi) is 5.14. The Hall–Kier alpha value is -3.32. The van der Waals surface area contributed by atoms with Crippen LogP contribution in [0.3, 0.4) is 0 Å². The summed E-state index contributed by atoms with van der Waals surface area (Å²) in [5.41, 5.74) is 10.3.